The number of fused-ring (bicyclic) bond motifs is 2. The van der Waals surface area contributed by atoms with Gasteiger partial charge in [0.2, 0.25) is 4.96 Å². The maximum absolute atomic E-state index is 12.7. The number of methoxy groups -OCH3 is 1. The van der Waals surface area contributed by atoms with Gasteiger partial charge in [-0.1, -0.05) is 12.5 Å². The number of hydrogen-bond acceptors (Lipinski definition) is 8. The third kappa shape index (κ3) is 3.77. The van der Waals surface area contributed by atoms with E-state index in [4.69, 9.17) is 9.47 Å². The highest BCUT2D eigenvalue weighted by molar-refractivity contribution is 7.18. The predicted octanol–water partition coefficient (Wildman–Crippen LogP) is 3.42. The van der Waals surface area contributed by atoms with Gasteiger partial charge in [-0.05, 0) is 54.9 Å². The minimum absolute atomic E-state index is 0.0519. The maximum Gasteiger partial charge on any atom is 0.300 e. The molecular formula is C22H21N5O4S. The minimum atomic E-state index is -0.262. The molecule has 0 aliphatic carbocycles. The number of rotatable bonds is 4. The quantitative estimate of drug-likeness (QED) is 0.564. The summed E-state index contributed by atoms with van der Waals surface area (Å²) in [4.78, 5) is 35.9. The lowest BCUT2D eigenvalue weighted by molar-refractivity contribution is -0.122. The van der Waals surface area contributed by atoms with Crippen LogP contribution in [0.2, 0.25) is 0 Å². The van der Waals surface area contributed by atoms with Crippen molar-refractivity contribution in [1.29, 1.82) is 0 Å². The Hall–Kier alpha value is -3.53. The number of aryl methyl sites for hydroxylation is 1. The zero-order valence-electron chi connectivity index (χ0n) is 17.7. The zero-order chi connectivity index (χ0) is 22.2. The fraction of sp³-hybridized carbons (Fsp3) is 0.318. The second-order valence-electron chi connectivity index (χ2n) is 7.64. The molecule has 0 N–H and O–H groups in total. The first kappa shape index (κ1) is 20.4. The molecule has 4 heterocycles. The number of amides is 1. The van der Waals surface area contributed by atoms with Gasteiger partial charge in [0, 0.05) is 24.7 Å². The number of ether oxygens (including phenoxy) is 2. The van der Waals surface area contributed by atoms with Crippen molar-refractivity contribution in [2.24, 2.45) is 4.99 Å². The van der Waals surface area contributed by atoms with Gasteiger partial charge in [0.25, 0.3) is 16.7 Å². The molecule has 2 aliphatic heterocycles. The minimum Gasteiger partial charge on any atom is -0.493 e. The van der Waals surface area contributed by atoms with Gasteiger partial charge in [-0.15, -0.1) is 5.10 Å². The number of nitrogens with zero attached hydrogens (tertiary/aromatic N) is 5. The van der Waals surface area contributed by atoms with Crippen LogP contribution in [0.5, 0.6) is 16.7 Å². The van der Waals surface area contributed by atoms with E-state index >= 15 is 0 Å². The van der Waals surface area contributed by atoms with Crippen molar-refractivity contribution in [2.75, 3.05) is 13.7 Å². The van der Waals surface area contributed by atoms with E-state index in [0.29, 0.717) is 27.9 Å². The summed E-state index contributed by atoms with van der Waals surface area (Å²) in [5, 5.41) is 4.46. The normalized spacial score (nSPS) is 17.4. The van der Waals surface area contributed by atoms with Gasteiger partial charge in [-0.2, -0.15) is 4.52 Å². The molecule has 9 nitrogen and oxygen atoms in total. The lowest BCUT2D eigenvalue weighted by atomic mass is 10.1. The topological polar surface area (TPSA) is 98.4 Å². The lowest BCUT2D eigenvalue weighted by Crippen LogP contribution is -2.31. The number of aliphatic imine (C=N–C) groups is 1. The summed E-state index contributed by atoms with van der Waals surface area (Å²) in [6.45, 7) is 2.48. The van der Waals surface area contributed by atoms with E-state index in [9.17, 15) is 9.59 Å². The van der Waals surface area contributed by atoms with Crippen LogP contribution in [0.1, 0.15) is 36.9 Å². The van der Waals surface area contributed by atoms with E-state index in [1.807, 2.05) is 6.07 Å². The van der Waals surface area contributed by atoms with E-state index in [2.05, 4.69) is 15.1 Å². The smallest absolute Gasteiger partial charge is 0.300 e. The molecule has 5 rings (SSSR count). The monoisotopic (exact) mass is 451 g/mol. The highest BCUT2D eigenvalue weighted by atomic mass is 32.1. The van der Waals surface area contributed by atoms with Crippen LogP contribution in [-0.2, 0) is 4.79 Å². The largest absolute Gasteiger partial charge is 0.493 e. The van der Waals surface area contributed by atoms with E-state index in [0.717, 1.165) is 43.6 Å². The first-order valence-electron chi connectivity index (χ1n) is 10.4. The molecule has 2 aromatic heterocycles. The molecule has 164 valence electrons. The molecule has 1 amide bonds. The van der Waals surface area contributed by atoms with Crippen LogP contribution in [0.15, 0.2) is 39.7 Å². The fourth-order valence-corrected chi connectivity index (χ4v) is 4.62. The maximum atomic E-state index is 12.7. The van der Waals surface area contributed by atoms with Crippen molar-refractivity contribution in [3.63, 3.8) is 0 Å². The molecule has 0 atom stereocenters. The lowest BCUT2D eigenvalue weighted by Gasteiger charge is -2.14. The highest BCUT2D eigenvalue weighted by Gasteiger charge is 2.30. The van der Waals surface area contributed by atoms with Gasteiger partial charge < -0.3 is 9.47 Å². The van der Waals surface area contributed by atoms with Crippen LogP contribution in [0.25, 0.3) is 11.0 Å². The Morgan fingerprint density at radius 3 is 2.84 bits per heavy atom. The van der Waals surface area contributed by atoms with E-state index in [1.54, 1.807) is 30.0 Å². The Labute approximate surface area is 187 Å². The summed E-state index contributed by atoms with van der Waals surface area (Å²) in [5.74, 6) is 1.73. The summed E-state index contributed by atoms with van der Waals surface area (Å²) in [6.07, 6.45) is 5.78. The Morgan fingerprint density at radius 2 is 2.00 bits per heavy atom. The Morgan fingerprint density at radius 1 is 1.12 bits per heavy atom. The fourth-order valence-electron chi connectivity index (χ4n) is 3.80. The molecule has 2 aliphatic rings. The van der Waals surface area contributed by atoms with Crippen LogP contribution in [0, 0.1) is 6.92 Å². The van der Waals surface area contributed by atoms with Gasteiger partial charge in [0.1, 0.15) is 11.5 Å². The van der Waals surface area contributed by atoms with Gasteiger partial charge in [0.05, 0.1) is 7.11 Å². The Bertz CT molecular complexity index is 1340. The van der Waals surface area contributed by atoms with Crippen molar-refractivity contribution in [1.82, 2.24) is 19.5 Å². The van der Waals surface area contributed by atoms with Crippen molar-refractivity contribution in [3.05, 3.63) is 51.6 Å². The summed E-state index contributed by atoms with van der Waals surface area (Å²) < 4.78 is 12.6. The summed E-state index contributed by atoms with van der Waals surface area (Å²) in [7, 11) is 1.54. The molecule has 1 fully saturated rings. The molecule has 1 saturated heterocycles. The second-order valence-corrected chi connectivity index (χ2v) is 8.55. The van der Waals surface area contributed by atoms with Crippen LogP contribution >= 0.6 is 11.3 Å². The molecule has 0 unspecified atom stereocenters. The molecule has 32 heavy (non-hydrogen) atoms. The SMILES string of the molecule is COc1cc(/C=C2\N=C3CCCCCN3C2=O)ccc1Oc1nn2c(=O)cc(C)nc2s1. The average Bonchev–Trinajstić information content (AvgIpc) is 3.20. The molecule has 0 saturated carbocycles. The number of carbonyl (C=O) groups is 1. The Balaban J connectivity index is 1.42. The van der Waals surface area contributed by atoms with Crippen LogP contribution in [-0.4, -0.2) is 44.9 Å². The van der Waals surface area contributed by atoms with E-state index in [-0.39, 0.29) is 16.7 Å². The number of amidine groups is 1. The molecule has 0 radical (unpaired) electrons. The van der Waals surface area contributed by atoms with Crippen LogP contribution in [0.4, 0.5) is 0 Å². The number of carbonyl (C=O) groups excluding carboxylic acids is 1. The van der Waals surface area contributed by atoms with Crippen molar-refractivity contribution in [2.45, 2.75) is 32.6 Å². The van der Waals surface area contributed by atoms with Crippen molar-refractivity contribution >= 4 is 34.1 Å². The van der Waals surface area contributed by atoms with Crippen LogP contribution < -0.4 is 15.0 Å². The number of aromatic nitrogens is 3. The molecule has 0 bridgehead atoms. The molecule has 3 aromatic rings. The van der Waals surface area contributed by atoms with Gasteiger partial charge in [-0.25, -0.2) is 9.98 Å². The van der Waals surface area contributed by atoms with Crippen LogP contribution in [0.3, 0.4) is 0 Å². The van der Waals surface area contributed by atoms with Gasteiger partial charge in [0.15, 0.2) is 11.5 Å². The van der Waals surface area contributed by atoms with Gasteiger partial charge in [-0.3, -0.25) is 14.5 Å². The van der Waals surface area contributed by atoms with Crippen molar-refractivity contribution < 1.29 is 14.3 Å². The number of hydrogen-bond donors (Lipinski definition) is 0. The third-order valence-corrected chi connectivity index (χ3v) is 6.14. The number of benzene rings is 1. The molecule has 1 aromatic carbocycles. The molecule has 10 heteroatoms. The zero-order valence-corrected chi connectivity index (χ0v) is 18.5. The predicted molar refractivity (Wildman–Crippen MR) is 121 cm³/mol. The Kier molecular flexibility index (Phi) is 5.22. The summed E-state index contributed by atoms with van der Waals surface area (Å²) >= 11 is 1.17. The molecular weight excluding hydrogens is 430 g/mol. The summed E-state index contributed by atoms with van der Waals surface area (Å²) in [6, 6.07) is 6.76. The first-order chi connectivity index (χ1) is 15.5. The highest BCUT2D eigenvalue weighted by Crippen LogP contribution is 2.35. The second kappa shape index (κ2) is 8.19. The standard InChI is InChI=1S/C22H21N5O4S/c1-13-10-19(28)27-21(23-13)32-22(25-27)31-16-8-7-14(12-17(16)30-2)11-15-20(29)26-9-5-3-4-6-18(26)24-15/h7-8,10-12H,3-6,9H2,1-2H3/b15-11-. The first-order valence-corrected chi connectivity index (χ1v) is 11.2. The van der Waals surface area contributed by atoms with E-state index < -0.39 is 0 Å². The average molecular weight is 452 g/mol. The van der Waals surface area contributed by atoms with Crippen molar-refractivity contribution in [3.8, 4) is 16.7 Å². The van der Waals surface area contributed by atoms with Gasteiger partial charge >= 0.3 is 0 Å². The third-order valence-electron chi connectivity index (χ3n) is 5.35. The molecule has 0 spiro atoms. The summed E-state index contributed by atoms with van der Waals surface area (Å²) in [5.41, 5.74) is 1.57. The van der Waals surface area contributed by atoms with E-state index in [1.165, 1.54) is 29.0 Å².